The van der Waals surface area contributed by atoms with Crippen molar-refractivity contribution in [1.29, 1.82) is 0 Å². The van der Waals surface area contributed by atoms with Gasteiger partial charge in [-0.05, 0) is 31.9 Å². The molecule has 1 aromatic heterocycles. The van der Waals surface area contributed by atoms with Gasteiger partial charge in [-0.2, -0.15) is 0 Å². The number of amides is 1. The van der Waals surface area contributed by atoms with Crippen molar-refractivity contribution in [3.05, 3.63) is 83.9 Å². The summed E-state index contributed by atoms with van der Waals surface area (Å²) >= 11 is 1.55. The van der Waals surface area contributed by atoms with E-state index in [1.807, 2.05) is 74.5 Å². The van der Waals surface area contributed by atoms with Crippen LogP contribution in [0.4, 0.5) is 0 Å². The Morgan fingerprint density at radius 3 is 2.32 bits per heavy atom. The van der Waals surface area contributed by atoms with Crippen molar-refractivity contribution in [1.82, 2.24) is 9.88 Å². The third-order valence-electron chi connectivity index (χ3n) is 3.96. The van der Waals surface area contributed by atoms with Crippen LogP contribution in [0.2, 0.25) is 0 Å². The van der Waals surface area contributed by atoms with E-state index in [0.29, 0.717) is 12.2 Å². The zero-order chi connectivity index (χ0) is 17.8. The van der Waals surface area contributed by atoms with E-state index in [4.69, 9.17) is 0 Å². The SMILES string of the molecule is [CH2][C@@H](C)N(Cc1ccccc1)C(=O)c1nc(C)sc1-c1ccccc1. The van der Waals surface area contributed by atoms with Gasteiger partial charge in [-0.25, -0.2) is 4.98 Å². The van der Waals surface area contributed by atoms with E-state index in [1.165, 1.54) is 0 Å². The van der Waals surface area contributed by atoms with E-state index in [0.717, 1.165) is 21.0 Å². The molecule has 0 aliphatic heterocycles. The summed E-state index contributed by atoms with van der Waals surface area (Å²) < 4.78 is 0. The molecule has 0 fully saturated rings. The van der Waals surface area contributed by atoms with Gasteiger partial charge in [-0.1, -0.05) is 60.7 Å². The quantitative estimate of drug-likeness (QED) is 0.650. The van der Waals surface area contributed by atoms with Gasteiger partial charge in [0, 0.05) is 12.6 Å². The van der Waals surface area contributed by atoms with Crippen molar-refractivity contribution >= 4 is 17.2 Å². The fraction of sp³-hybridized carbons (Fsp3) is 0.190. The Bertz CT molecular complexity index is 841. The van der Waals surface area contributed by atoms with Crippen LogP contribution in [0.25, 0.3) is 10.4 Å². The van der Waals surface area contributed by atoms with Crippen LogP contribution >= 0.6 is 11.3 Å². The number of carbonyl (C=O) groups excluding carboxylic acids is 1. The Kier molecular flexibility index (Phi) is 5.29. The molecule has 4 heteroatoms. The molecule has 2 aromatic carbocycles. The van der Waals surface area contributed by atoms with E-state index in [2.05, 4.69) is 11.9 Å². The molecule has 3 rings (SSSR count). The maximum absolute atomic E-state index is 13.2. The molecular weight excluding hydrogens is 328 g/mol. The van der Waals surface area contributed by atoms with Crippen LogP contribution in [0.1, 0.15) is 28.0 Å². The molecule has 0 aliphatic rings. The zero-order valence-corrected chi connectivity index (χ0v) is 15.3. The molecule has 0 bridgehead atoms. The minimum Gasteiger partial charge on any atom is -0.330 e. The van der Waals surface area contributed by atoms with Crippen LogP contribution in [0.3, 0.4) is 0 Å². The molecule has 25 heavy (non-hydrogen) atoms. The van der Waals surface area contributed by atoms with Crippen molar-refractivity contribution in [3.63, 3.8) is 0 Å². The normalized spacial score (nSPS) is 10.9. The van der Waals surface area contributed by atoms with Gasteiger partial charge in [0.25, 0.3) is 5.91 Å². The summed E-state index contributed by atoms with van der Waals surface area (Å²) in [5, 5.41) is 0.888. The summed E-state index contributed by atoms with van der Waals surface area (Å²) in [4.78, 5) is 20.5. The second-order valence-corrected chi connectivity index (χ2v) is 7.25. The molecule has 1 radical (unpaired) electrons. The summed E-state index contributed by atoms with van der Waals surface area (Å²) in [6.45, 7) is 8.46. The van der Waals surface area contributed by atoms with Crippen molar-refractivity contribution in [2.75, 3.05) is 0 Å². The van der Waals surface area contributed by atoms with Crippen molar-refractivity contribution < 1.29 is 4.79 Å². The topological polar surface area (TPSA) is 33.2 Å². The summed E-state index contributed by atoms with van der Waals surface area (Å²) in [6, 6.07) is 19.8. The lowest BCUT2D eigenvalue weighted by molar-refractivity contribution is 0.0703. The predicted octanol–water partition coefficient (Wildman–Crippen LogP) is 4.98. The number of hydrogen-bond acceptors (Lipinski definition) is 3. The van der Waals surface area contributed by atoms with Crippen LogP contribution in [-0.2, 0) is 6.54 Å². The molecular formula is C21H21N2OS. The molecule has 0 aliphatic carbocycles. The lowest BCUT2D eigenvalue weighted by Crippen LogP contribution is -2.37. The van der Waals surface area contributed by atoms with E-state index in [9.17, 15) is 4.79 Å². The maximum Gasteiger partial charge on any atom is 0.274 e. The minimum atomic E-state index is -0.154. The zero-order valence-electron chi connectivity index (χ0n) is 14.5. The number of benzene rings is 2. The van der Waals surface area contributed by atoms with E-state index in [1.54, 1.807) is 16.2 Å². The first-order chi connectivity index (χ1) is 12.1. The highest BCUT2D eigenvalue weighted by Gasteiger charge is 2.25. The Labute approximate surface area is 153 Å². The molecule has 0 unspecified atom stereocenters. The first kappa shape index (κ1) is 17.4. The molecule has 1 atom stereocenters. The Balaban J connectivity index is 1.96. The summed E-state index contributed by atoms with van der Waals surface area (Å²) in [6.07, 6.45) is 0. The van der Waals surface area contributed by atoms with Gasteiger partial charge in [0.15, 0.2) is 0 Å². The summed E-state index contributed by atoms with van der Waals surface area (Å²) in [5.74, 6) is -0.0745. The average Bonchev–Trinajstić information content (AvgIpc) is 3.02. The van der Waals surface area contributed by atoms with Gasteiger partial charge in [0.1, 0.15) is 5.69 Å². The highest BCUT2D eigenvalue weighted by atomic mass is 32.1. The number of rotatable bonds is 5. The van der Waals surface area contributed by atoms with E-state index < -0.39 is 0 Å². The maximum atomic E-state index is 13.2. The standard InChI is InChI=1S/C21H21N2OS/c1-15(2)23(14-17-10-6-4-7-11-17)21(24)19-20(25-16(3)22-19)18-12-8-5-9-13-18/h4-13,15H,1,14H2,2-3H3/t15-/m0/s1. The molecule has 0 N–H and O–H groups in total. The third-order valence-corrected chi connectivity index (χ3v) is 4.98. The van der Waals surface area contributed by atoms with Gasteiger partial charge >= 0.3 is 0 Å². The van der Waals surface area contributed by atoms with Gasteiger partial charge < -0.3 is 4.90 Å². The lowest BCUT2D eigenvalue weighted by atomic mass is 10.1. The molecule has 1 amide bonds. The van der Waals surface area contributed by atoms with Gasteiger partial charge in [0.05, 0.1) is 9.88 Å². The number of nitrogens with zero attached hydrogens (tertiary/aromatic N) is 2. The first-order valence-corrected chi connectivity index (χ1v) is 9.08. The second-order valence-electron chi connectivity index (χ2n) is 6.04. The Hall–Kier alpha value is -2.46. The molecule has 0 spiro atoms. The smallest absolute Gasteiger partial charge is 0.274 e. The third kappa shape index (κ3) is 3.97. The van der Waals surface area contributed by atoms with Crippen LogP contribution in [0.5, 0.6) is 0 Å². The van der Waals surface area contributed by atoms with Gasteiger partial charge in [-0.3, -0.25) is 4.79 Å². The molecule has 1 heterocycles. The van der Waals surface area contributed by atoms with Crippen molar-refractivity contribution in [3.8, 4) is 10.4 Å². The predicted molar refractivity (Wildman–Crippen MR) is 103 cm³/mol. The van der Waals surface area contributed by atoms with E-state index >= 15 is 0 Å². The fourth-order valence-electron chi connectivity index (χ4n) is 2.70. The largest absolute Gasteiger partial charge is 0.330 e. The van der Waals surface area contributed by atoms with Crippen LogP contribution in [0, 0.1) is 13.8 Å². The molecule has 127 valence electrons. The highest BCUT2D eigenvalue weighted by Crippen LogP contribution is 2.31. The molecule has 0 saturated carbocycles. The molecule has 0 saturated heterocycles. The van der Waals surface area contributed by atoms with E-state index in [-0.39, 0.29) is 11.9 Å². The van der Waals surface area contributed by atoms with Crippen molar-refractivity contribution in [2.45, 2.75) is 26.4 Å². The Morgan fingerprint density at radius 2 is 1.72 bits per heavy atom. The Morgan fingerprint density at radius 1 is 1.12 bits per heavy atom. The number of thiazole rings is 1. The first-order valence-electron chi connectivity index (χ1n) is 8.27. The van der Waals surface area contributed by atoms with Crippen LogP contribution < -0.4 is 0 Å². The van der Waals surface area contributed by atoms with Crippen LogP contribution in [0.15, 0.2) is 60.7 Å². The monoisotopic (exact) mass is 349 g/mol. The molecule has 3 aromatic rings. The number of hydrogen-bond donors (Lipinski definition) is 0. The second kappa shape index (κ2) is 7.62. The van der Waals surface area contributed by atoms with Gasteiger partial charge in [-0.15, -0.1) is 11.3 Å². The van der Waals surface area contributed by atoms with Crippen LogP contribution in [-0.4, -0.2) is 21.8 Å². The fourth-order valence-corrected chi connectivity index (χ4v) is 3.62. The highest BCUT2D eigenvalue weighted by molar-refractivity contribution is 7.15. The average molecular weight is 349 g/mol. The lowest BCUT2D eigenvalue weighted by Gasteiger charge is -2.26. The number of aromatic nitrogens is 1. The van der Waals surface area contributed by atoms with Gasteiger partial charge in [0.2, 0.25) is 0 Å². The molecule has 3 nitrogen and oxygen atoms in total. The summed E-state index contributed by atoms with van der Waals surface area (Å²) in [5.41, 5.74) is 2.62. The minimum absolute atomic E-state index is 0.0745. The number of aryl methyl sites for hydroxylation is 1. The summed E-state index contributed by atoms with van der Waals surface area (Å²) in [7, 11) is 0. The number of carbonyl (C=O) groups is 1. The van der Waals surface area contributed by atoms with Crippen molar-refractivity contribution in [2.24, 2.45) is 0 Å².